The summed E-state index contributed by atoms with van der Waals surface area (Å²) >= 11 is 6.43. The molecule has 0 saturated carbocycles. The zero-order valence-electron chi connectivity index (χ0n) is 25.2. The first kappa shape index (κ1) is 34.3. The van der Waals surface area contributed by atoms with Crippen LogP contribution < -0.4 is 14.4 Å². The number of nitro groups is 1. The van der Waals surface area contributed by atoms with E-state index >= 15 is 0 Å². The number of methoxy groups -OCH3 is 1. The number of rotatable bonds is 15. The number of nitrogens with zero attached hydrogens (tertiary/aromatic N) is 3. The van der Waals surface area contributed by atoms with Gasteiger partial charge in [0.1, 0.15) is 18.3 Å². The molecule has 13 heteroatoms. The Morgan fingerprint density at radius 2 is 1.75 bits per heavy atom. The Labute approximate surface area is 263 Å². The van der Waals surface area contributed by atoms with Gasteiger partial charge in [0.25, 0.3) is 15.7 Å². The summed E-state index contributed by atoms with van der Waals surface area (Å²) in [6.07, 6.45) is 1.88. The third kappa shape index (κ3) is 8.26. The van der Waals surface area contributed by atoms with E-state index in [9.17, 15) is 28.1 Å². The van der Waals surface area contributed by atoms with E-state index in [0.29, 0.717) is 22.9 Å². The standard InChI is InChI=1S/C31H37ClN4O7S/c1-5-7-18-33-31(38)28(6-2)34(20-23-10-8-9-11-27(23)32)30(37)21-35(24-13-15-25(43-4)16-14-24)44(41,42)26-17-12-22(3)29(19-26)36(39)40/h8-17,19,28H,5-7,18,20-21H2,1-4H3,(H,33,38)/t28-/m1/s1. The second kappa shape index (κ2) is 15.5. The monoisotopic (exact) mass is 644 g/mol. The van der Waals surface area contributed by atoms with Gasteiger partial charge in [-0.05, 0) is 61.7 Å². The van der Waals surface area contributed by atoms with Crippen molar-refractivity contribution in [1.29, 1.82) is 0 Å². The molecule has 0 aromatic heterocycles. The maximum absolute atomic E-state index is 14.2. The van der Waals surface area contributed by atoms with Crippen molar-refractivity contribution in [2.75, 3.05) is 24.5 Å². The second-order valence-electron chi connectivity index (χ2n) is 10.1. The van der Waals surface area contributed by atoms with Gasteiger partial charge in [-0.3, -0.25) is 24.0 Å². The zero-order valence-corrected chi connectivity index (χ0v) is 26.7. The number of hydrogen-bond acceptors (Lipinski definition) is 7. The van der Waals surface area contributed by atoms with Gasteiger partial charge >= 0.3 is 0 Å². The average Bonchev–Trinajstić information content (AvgIpc) is 3.00. The van der Waals surface area contributed by atoms with Crippen LogP contribution in [0.5, 0.6) is 5.75 Å². The molecule has 0 aliphatic rings. The van der Waals surface area contributed by atoms with Gasteiger partial charge in [-0.25, -0.2) is 8.42 Å². The van der Waals surface area contributed by atoms with Crippen LogP contribution in [0.1, 0.15) is 44.2 Å². The Hall–Kier alpha value is -4.16. The number of carbonyl (C=O) groups is 2. The number of sulfonamides is 1. The number of amides is 2. The smallest absolute Gasteiger partial charge is 0.273 e. The lowest BCUT2D eigenvalue weighted by Gasteiger charge is -2.33. The van der Waals surface area contributed by atoms with Crippen molar-refractivity contribution >= 4 is 44.8 Å². The summed E-state index contributed by atoms with van der Waals surface area (Å²) in [7, 11) is -3.05. The number of benzene rings is 3. The van der Waals surface area contributed by atoms with Crippen LogP contribution in [0.25, 0.3) is 0 Å². The first-order valence-electron chi connectivity index (χ1n) is 14.2. The topological polar surface area (TPSA) is 139 Å². The lowest BCUT2D eigenvalue weighted by atomic mass is 10.1. The normalized spacial score (nSPS) is 11.8. The molecular formula is C31H37ClN4O7S. The fraction of sp³-hybridized carbons (Fsp3) is 0.355. The Morgan fingerprint density at radius 1 is 1.07 bits per heavy atom. The van der Waals surface area contributed by atoms with Crippen LogP contribution in [0.2, 0.25) is 5.02 Å². The molecule has 236 valence electrons. The van der Waals surface area contributed by atoms with Gasteiger partial charge in [0, 0.05) is 29.7 Å². The number of aryl methyl sites for hydroxylation is 1. The van der Waals surface area contributed by atoms with Gasteiger partial charge in [-0.2, -0.15) is 0 Å². The number of nitrogens with one attached hydrogen (secondary N) is 1. The molecule has 0 aliphatic heterocycles. The van der Waals surface area contributed by atoms with Crippen LogP contribution in [0.4, 0.5) is 11.4 Å². The van der Waals surface area contributed by atoms with Crippen LogP contribution in [0.15, 0.2) is 71.6 Å². The minimum absolute atomic E-state index is 0.0509. The van der Waals surface area contributed by atoms with Crippen molar-refractivity contribution in [2.24, 2.45) is 0 Å². The Bertz CT molecular complexity index is 1580. The highest BCUT2D eigenvalue weighted by Gasteiger charge is 2.34. The lowest BCUT2D eigenvalue weighted by Crippen LogP contribution is -2.52. The largest absolute Gasteiger partial charge is 0.497 e. The van der Waals surface area contributed by atoms with Gasteiger partial charge in [0.05, 0.1) is 22.6 Å². The molecule has 0 aliphatic carbocycles. The van der Waals surface area contributed by atoms with Gasteiger partial charge in [-0.15, -0.1) is 0 Å². The van der Waals surface area contributed by atoms with Gasteiger partial charge in [0.15, 0.2) is 0 Å². The van der Waals surface area contributed by atoms with Crippen molar-refractivity contribution in [3.8, 4) is 5.75 Å². The summed E-state index contributed by atoms with van der Waals surface area (Å²) in [5.74, 6) is -0.573. The lowest BCUT2D eigenvalue weighted by molar-refractivity contribution is -0.385. The predicted molar refractivity (Wildman–Crippen MR) is 169 cm³/mol. The van der Waals surface area contributed by atoms with E-state index in [1.165, 1.54) is 55.3 Å². The fourth-order valence-corrected chi connectivity index (χ4v) is 6.22. The molecule has 0 heterocycles. The SMILES string of the molecule is CCCCNC(=O)[C@@H](CC)N(Cc1ccccc1Cl)C(=O)CN(c1ccc(OC)cc1)S(=O)(=O)c1ccc(C)c([N+](=O)[O-])c1. The van der Waals surface area contributed by atoms with Gasteiger partial charge in [0.2, 0.25) is 11.8 Å². The highest BCUT2D eigenvalue weighted by molar-refractivity contribution is 7.92. The van der Waals surface area contributed by atoms with E-state index in [0.717, 1.165) is 23.2 Å². The molecule has 1 atom stereocenters. The van der Waals surface area contributed by atoms with Crippen molar-refractivity contribution < 1.29 is 27.7 Å². The molecular weight excluding hydrogens is 608 g/mol. The van der Waals surface area contributed by atoms with E-state index < -0.39 is 33.4 Å². The number of anilines is 1. The zero-order chi connectivity index (χ0) is 32.4. The molecule has 44 heavy (non-hydrogen) atoms. The van der Waals surface area contributed by atoms with Gasteiger partial charge in [-0.1, -0.05) is 56.1 Å². The van der Waals surface area contributed by atoms with E-state index in [2.05, 4.69) is 5.32 Å². The molecule has 0 bridgehead atoms. The number of unbranched alkanes of at least 4 members (excludes halogenated alkanes) is 1. The van der Waals surface area contributed by atoms with Crippen LogP contribution in [-0.2, 0) is 26.2 Å². The minimum atomic E-state index is -4.51. The summed E-state index contributed by atoms with van der Waals surface area (Å²) in [6.45, 7) is 4.94. The molecule has 3 rings (SSSR count). The maximum atomic E-state index is 14.2. The predicted octanol–water partition coefficient (Wildman–Crippen LogP) is 5.48. The summed E-state index contributed by atoms with van der Waals surface area (Å²) in [5, 5.41) is 14.9. The number of nitro benzene ring substituents is 1. The number of carbonyl (C=O) groups excluding carboxylic acids is 2. The molecule has 3 aromatic carbocycles. The number of ether oxygens (including phenoxy) is 1. The van der Waals surface area contributed by atoms with Crippen molar-refractivity contribution in [3.05, 3.63) is 93.0 Å². The van der Waals surface area contributed by atoms with Gasteiger partial charge < -0.3 is 15.0 Å². The fourth-order valence-electron chi connectivity index (χ4n) is 4.59. The molecule has 0 saturated heterocycles. The Kier molecular flexibility index (Phi) is 12.1. The van der Waals surface area contributed by atoms with E-state index in [1.807, 2.05) is 6.92 Å². The molecule has 0 spiro atoms. The molecule has 2 amide bonds. The molecule has 0 radical (unpaired) electrons. The van der Waals surface area contributed by atoms with E-state index in [1.54, 1.807) is 31.2 Å². The number of hydrogen-bond donors (Lipinski definition) is 1. The van der Waals surface area contributed by atoms with Crippen LogP contribution in [0, 0.1) is 17.0 Å². The third-order valence-electron chi connectivity index (χ3n) is 7.12. The van der Waals surface area contributed by atoms with Crippen LogP contribution >= 0.6 is 11.6 Å². The molecule has 11 nitrogen and oxygen atoms in total. The number of halogens is 1. The maximum Gasteiger partial charge on any atom is 0.273 e. The van der Waals surface area contributed by atoms with E-state index in [4.69, 9.17) is 16.3 Å². The molecule has 0 unspecified atom stereocenters. The highest BCUT2D eigenvalue weighted by atomic mass is 35.5. The first-order valence-corrected chi connectivity index (χ1v) is 16.0. The van der Waals surface area contributed by atoms with Crippen LogP contribution in [-0.4, -0.2) is 56.3 Å². The molecule has 3 aromatic rings. The Morgan fingerprint density at radius 3 is 2.34 bits per heavy atom. The van der Waals surface area contributed by atoms with Crippen molar-refractivity contribution in [2.45, 2.75) is 57.5 Å². The third-order valence-corrected chi connectivity index (χ3v) is 9.26. The summed E-state index contributed by atoms with van der Waals surface area (Å²) in [6, 6.07) is 15.6. The molecule has 0 fully saturated rings. The Balaban J connectivity index is 2.11. The molecule has 1 N–H and O–H groups in total. The summed E-state index contributed by atoms with van der Waals surface area (Å²) in [5.41, 5.74) is 0.616. The van der Waals surface area contributed by atoms with E-state index in [-0.39, 0.29) is 40.7 Å². The van der Waals surface area contributed by atoms with Crippen molar-refractivity contribution in [3.63, 3.8) is 0 Å². The average molecular weight is 645 g/mol. The van der Waals surface area contributed by atoms with Crippen LogP contribution in [0.3, 0.4) is 0 Å². The quantitative estimate of drug-likeness (QED) is 0.131. The second-order valence-corrected chi connectivity index (χ2v) is 12.4. The van der Waals surface area contributed by atoms with Crippen molar-refractivity contribution in [1.82, 2.24) is 10.2 Å². The minimum Gasteiger partial charge on any atom is -0.497 e. The highest BCUT2D eigenvalue weighted by Crippen LogP contribution is 2.30. The first-order chi connectivity index (χ1) is 20.9. The summed E-state index contributed by atoms with van der Waals surface area (Å²) < 4.78 is 34.3. The summed E-state index contributed by atoms with van der Waals surface area (Å²) in [4.78, 5) is 39.4.